The zero-order valence-electron chi connectivity index (χ0n) is 24.1. The Morgan fingerprint density at radius 1 is 1.11 bits per heavy atom. The van der Waals surface area contributed by atoms with Gasteiger partial charge in [0.15, 0.2) is 0 Å². The quantitative estimate of drug-likeness (QED) is 0.575. The number of alkyl carbamates (subject to hydrolysis) is 1. The molecule has 2 fully saturated rings. The monoisotopic (exact) mass is 517 g/mol. The summed E-state index contributed by atoms with van der Waals surface area (Å²) in [4.78, 5) is 38.6. The van der Waals surface area contributed by atoms with Crippen LogP contribution < -0.4 is 15.7 Å². The topological polar surface area (TPSA) is 106 Å². The molecule has 206 valence electrons. The number of nitrogens with zero attached hydrogens (tertiary/aromatic N) is 4. The fourth-order valence-electron chi connectivity index (χ4n) is 4.40. The smallest absolute Gasteiger partial charge is 0.444 e. The number of piperidine rings is 1. The number of hydrogen-bond acceptors (Lipinski definition) is 8. The minimum absolute atomic E-state index is 0.0643. The molecule has 1 unspecified atom stereocenters. The number of carbonyl (C=O) groups excluding carboxylic acids is 2. The van der Waals surface area contributed by atoms with Crippen LogP contribution in [0.5, 0.6) is 0 Å². The van der Waals surface area contributed by atoms with Crippen LogP contribution in [0.15, 0.2) is 12.4 Å². The molecule has 10 nitrogen and oxygen atoms in total. The molecule has 1 aromatic rings. The normalized spacial score (nSPS) is 20.6. The third kappa shape index (κ3) is 6.93. The Kier molecular flexibility index (Phi) is 8.49. The number of hydrogen-bond donors (Lipinski definition) is 1. The van der Waals surface area contributed by atoms with E-state index in [1.165, 1.54) is 0 Å². The Hall–Kier alpha value is -2.40. The average molecular weight is 517 g/mol. The summed E-state index contributed by atoms with van der Waals surface area (Å²) in [5, 5.41) is 2.76. The molecule has 0 spiro atoms. The van der Waals surface area contributed by atoms with Gasteiger partial charge >= 0.3 is 13.2 Å². The second-order valence-electron chi connectivity index (χ2n) is 12.4. The first-order valence-electron chi connectivity index (χ1n) is 13.2. The predicted molar refractivity (Wildman–Crippen MR) is 144 cm³/mol. The first kappa shape index (κ1) is 29.2. The molecule has 37 heavy (non-hydrogen) atoms. The minimum Gasteiger partial charge on any atom is -0.444 e. The van der Waals surface area contributed by atoms with E-state index in [0.29, 0.717) is 5.95 Å². The second-order valence-corrected chi connectivity index (χ2v) is 12.4. The van der Waals surface area contributed by atoms with Gasteiger partial charge in [0, 0.05) is 44.0 Å². The highest BCUT2D eigenvalue weighted by Gasteiger charge is 2.52. The van der Waals surface area contributed by atoms with Gasteiger partial charge in [-0.05, 0) is 67.2 Å². The summed E-state index contributed by atoms with van der Waals surface area (Å²) in [6.45, 7) is 18.8. The van der Waals surface area contributed by atoms with E-state index in [0.717, 1.165) is 31.4 Å². The van der Waals surface area contributed by atoms with E-state index in [9.17, 15) is 9.59 Å². The molecule has 0 radical (unpaired) electrons. The van der Waals surface area contributed by atoms with Crippen LogP contribution in [0.25, 0.3) is 0 Å². The average Bonchev–Trinajstić information content (AvgIpc) is 3.02. The fourth-order valence-corrected chi connectivity index (χ4v) is 4.40. The summed E-state index contributed by atoms with van der Waals surface area (Å²) < 4.78 is 17.6. The van der Waals surface area contributed by atoms with Gasteiger partial charge < -0.3 is 29.2 Å². The van der Waals surface area contributed by atoms with Gasteiger partial charge in [0.1, 0.15) is 11.6 Å². The van der Waals surface area contributed by atoms with Gasteiger partial charge in [-0.15, -0.1) is 0 Å². The highest BCUT2D eigenvalue weighted by Crippen LogP contribution is 2.36. The molecule has 2 saturated heterocycles. The van der Waals surface area contributed by atoms with Crippen molar-refractivity contribution in [2.45, 2.75) is 104 Å². The van der Waals surface area contributed by atoms with Crippen molar-refractivity contribution < 1.29 is 23.6 Å². The van der Waals surface area contributed by atoms with Crippen molar-refractivity contribution in [2.75, 3.05) is 25.0 Å². The Morgan fingerprint density at radius 3 is 2.08 bits per heavy atom. The standard InChI is InChI=1S/C26H44BN5O5/c1-17(2)20(30-23(34)35-24(3,4)5)21(33)31(10)19-11-13-32(14-12-19)22-28-15-18(16-29-22)27-36-25(6,7)26(8,9)37-27/h15-17,19-20H,11-14H2,1-10H3,(H,30,34). The molecule has 1 N–H and O–H groups in total. The van der Waals surface area contributed by atoms with Gasteiger partial charge in [-0.1, -0.05) is 13.8 Å². The van der Waals surface area contributed by atoms with Crippen molar-refractivity contribution >= 4 is 30.5 Å². The first-order chi connectivity index (χ1) is 17.0. The highest BCUT2D eigenvalue weighted by molar-refractivity contribution is 6.61. The number of aromatic nitrogens is 2. The summed E-state index contributed by atoms with van der Waals surface area (Å²) in [6.07, 6.45) is 4.51. The third-order valence-corrected chi connectivity index (χ3v) is 7.43. The van der Waals surface area contributed by atoms with Crippen LogP contribution in [-0.2, 0) is 18.8 Å². The second kappa shape index (κ2) is 10.8. The van der Waals surface area contributed by atoms with Gasteiger partial charge in [0.2, 0.25) is 11.9 Å². The Balaban J connectivity index is 1.56. The number of ether oxygens (including phenoxy) is 1. The molecule has 2 amide bonds. The van der Waals surface area contributed by atoms with Crippen LogP contribution in [0.1, 0.15) is 75.2 Å². The zero-order valence-corrected chi connectivity index (χ0v) is 24.1. The molecular formula is C26H44BN5O5. The van der Waals surface area contributed by atoms with Crippen LogP contribution in [-0.4, -0.2) is 83.0 Å². The Bertz CT molecular complexity index is 939. The van der Waals surface area contributed by atoms with E-state index in [4.69, 9.17) is 14.0 Å². The van der Waals surface area contributed by atoms with Crippen molar-refractivity contribution in [1.82, 2.24) is 20.2 Å². The van der Waals surface area contributed by atoms with E-state index in [-0.39, 0.29) is 17.9 Å². The van der Waals surface area contributed by atoms with Crippen LogP contribution in [0, 0.1) is 5.92 Å². The molecule has 3 heterocycles. The van der Waals surface area contributed by atoms with Crippen LogP contribution in [0.3, 0.4) is 0 Å². The molecular weight excluding hydrogens is 473 g/mol. The number of anilines is 1. The molecule has 0 aromatic carbocycles. The lowest BCUT2D eigenvalue weighted by Gasteiger charge is -2.38. The molecule has 0 aliphatic carbocycles. The van der Waals surface area contributed by atoms with Gasteiger partial charge in [-0.3, -0.25) is 4.79 Å². The maximum absolute atomic E-state index is 13.3. The molecule has 3 rings (SSSR count). The lowest BCUT2D eigenvalue weighted by Crippen LogP contribution is -2.55. The van der Waals surface area contributed by atoms with Crippen molar-refractivity contribution in [3.63, 3.8) is 0 Å². The number of carbonyl (C=O) groups is 2. The summed E-state index contributed by atoms with van der Waals surface area (Å²) >= 11 is 0. The summed E-state index contributed by atoms with van der Waals surface area (Å²) in [5.74, 6) is 0.472. The molecule has 1 atom stereocenters. The number of likely N-dealkylation sites (N-methyl/N-ethyl adjacent to an activating group) is 1. The first-order valence-corrected chi connectivity index (χ1v) is 13.2. The van der Waals surface area contributed by atoms with E-state index in [1.54, 1.807) is 38.1 Å². The Morgan fingerprint density at radius 2 is 1.62 bits per heavy atom. The van der Waals surface area contributed by atoms with Crippen molar-refractivity contribution in [3.05, 3.63) is 12.4 Å². The van der Waals surface area contributed by atoms with Crippen molar-refractivity contribution in [1.29, 1.82) is 0 Å². The molecule has 2 aliphatic heterocycles. The molecule has 2 aliphatic rings. The molecule has 1 aromatic heterocycles. The lowest BCUT2D eigenvalue weighted by atomic mass is 9.81. The minimum atomic E-state index is -0.649. The number of rotatable bonds is 6. The van der Waals surface area contributed by atoms with Crippen LogP contribution in [0.2, 0.25) is 0 Å². The summed E-state index contributed by atoms with van der Waals surface area (Å²) in [7, 11) is 1.32. The van der Waals surface area contributed by atoms with E-state index < -0.39 is 36.1 Å². The number of amides is 2. The fraction of sp³-hybridized carbons (Fsp3) is 0.769. The summed E-state index contributed by atoms with van der Waals surface area (Å²) in [6, 6.07) is -0.585. The van der Waals surface area contributed by atoms with E-state index in [1.807, 2.05) is 48.6 Å². The highest BCUT2D eigenvalue weighted by atomic mass is 16.7. The van der Waals surface area contributed by atoms with Crippen molar-refractivity contribution in [2.24, 2.45) is 5.92 Å². The van der Waals surface area contributed by atoms with Gasteiger partial charge in [-0.25, -0.2) is 14.8 Å². The van der Waals surface area contributed by atoms with Crippen molar-refractivity contribution in [3.8, 4) is 0 Å². The SMILES string of the molecule is CC(C)C(NC(=O)OC(C)(C)C)C(=O)N(C)C1CCN(c2ncc(B3OC(C)(C)C(C)(C)O3)cn2)CC1. The Labute approximate surface area is 222 Å². The van der Waals surface area contributed by atoms with Gasteiger partial charge in [0.05, 0.1) is 11.2 Å². The zero-order chi connectivity index (χ0) is 27.8. The van der Waals surface area contributed by atoms with E-state index >= 15 is 0 Å². The summed E-state index contributed by atoms with van der Waals surface area (Å²) in [5.41, 5.74) is -0.671. The predicted octanol–water partition coefficient (Wildman–Crippen LogP) is 2.75. The van der Waals surface area contributed by atoms with E-state index in [2.05, 4.69) is 20.2 Å². The third-order valence-electron chi connectivity index (χ3n) is 7.43. The maximum Gasteiger partial charge on any atom is 0.498 e. The molecule has 0 saturated carbocycles. The van der Waals surface area contributed by atoms with Crippen LogP contribution in [0.4, 0.5) is 10.7 Å². The molecule has 0 bridgehead atoms. The molecule has 11 heteroatoms. The lowest BCUT2D eigenvalue weighted by molar-refractivity contribution is -0.135. The maximum atomic E-state index is 13.3. The number of nitrogens with one attached hydrogen (secondary N) is 1. The largest absolute Gasteiger partial charge is 0.498 e. The van der Waals surface area contributed by atoms with Crippen LogP contribution >= 0.6 is 0 Å². The van der Waals surface area contributed by atoms with Gasteiger partial charge in [-0.2, -0.15) is 0 Å². The van der Waals surface area contributed by atoms with Gasteiger partial charge in [0.25, 0.3) is 0 Å².